The van der Waals surface area contributed by atoms with E-state index in [2.05, 4.69) is 25.2 Å². The predicted octanol–water partition coefficient (Wildman–Crippen LogP) is 2.79. The van der Waals surface area contributed by atoms with E-state index >= 15 is 0 Å². The molecule has 1 aromatic rings. The second-order valence-electron chi connectivity index (χ2n) is 3.54. The van der Waals surface area contributed by atoms with Gasteiger partial charge in [0.15, 0.2) is 0 Å². The quantitative estimate of drug-likeness (QED) is 0.702. The molecule has 0 spiro atoms. The second-order valence-corrected chi connectivity index (χ2v) is 4.82. The Kier molecular flexibility index (Phi) is 2.20. The summed E-state index contributed by atoms with van der Waals surface area (Å²) in [6, 6.07) is 2.99. The molecule has 2 rings (SSSR count). The molecule has 1 atom stereocenters. The molecule has 66 valence electrons. The van der Waals surface area contributed by atoms with E-state index in [1.165, 1.54) is 34.7 Å². The van der Waals surface area contributed by atoms with Crippen molar-refractivity contribution in [3.63, 3.8) is 0 Å². The topological polar surface area (TPSA) is 12.0 Å². The molecule has 0 bridgehead atoms. The maximum absolute atomic E-state index is 3.52. The van der Waals surface area contributed by atoms with Crippen LogP contribution in [-0.2, 0) is 0 Å². The molecule has 12 heavy (non-hydrogen) atoms. The summed E-state index contributed by atoms with van der Waals surface area (Å²) in [4.78, 5) is 3.00. The molecule has 1 aliphatic rings. The van der Waals surface area contributed by atoms with Crippen molar-refractivity contribution in [1.29, 1.82) is 0 Å². The molecular weight excluding hydrogens is 166 g/mol. The fourth-order valence-corrected chi connectivity index (χ4v) is 2.85. The molecule has 0 radical (unpaired) electrons. The molecule has 1 nitrogen and oxygen atoms in total. The monoisotopic (exact) mass is 181 g/mol. The van der Waals surface area contributed by atoms with Crippen molar-refractivity contribution in [3.8, 4) is 0 Å². The summed E-state index contributed by atoms with van der Waals surface area (Å²) in [6.45, 7) is 5.60. The minimum absolute atomic E-state index is 0.655. The zero-order valence-corrected chi connectivity index (χ0v) is 8.50. The first-order valence-electron chi connectivity index (χ1n) is 4.57. The van der Waals surface area contributed by atoms with Crippen LogP contribution in [0.1, 0.15) is 34.2 Å². The normalized spacial score (nSPS) is 23.3. The van der Waals surface area contributed by atoms with Crippen molar-refractivity contribution in [2.75, 3.05) is 6.54 Å². The van der Waals surface area contributed by atoms with E-state index in [4.69, 9.17) is 0 Å². The van der Waals surface area contributed by atoms with Crippen molar-refractivity contribution in [2.24, 2.45) is 0 Å². The highest BCUT2D eigenvalue weighted by molar-refractivity contribution is 7.12. The van der Waals surface area contributed by atoms with E-state index in [1.54, 1.807) is 0 Å². The molecule has 1 saturated heterocycles. The Morgan fingerprint density at radius 1 is 1.50 bits per heavy atom. The van der Waals surface area contributed by atoms with Gasteiger partial charge in [0.1, 0.15) is 0 Å². The first-order valence-corrected chi connectivity index (χ1v) is 5.39. The van der Waals surface area contributed by atoms with Crippen LogP contribution in [0.2, 0.25) is 0 Å². The lowest BCUT2D eigenvalue weighted by molar-refractivity contribution is 0.659. The number of hydrogen-bond donors (Lipinski definition) is 1. The Balaban J connectivity index is 2.21. The summed E-state index contributed by atoms with van der Waals surface area (Å²) in [6.07, 6.45) is 2.65. The van der Waals surface area contributed by atoms with E-state index in [0.717, 1.165) is 0 Å². The van der Waals surface area contributed by atoms with Gasteiger partial charge in [-0.2, -0.15) is 0 Å². The van der Waals surface area contributed by atoms with Crippen LogP contribution < -0.4 is 5.32 Å². The van der Waals surface area contributed by atoms with Crippen LogP contribution in [0.5, 0.6) is 0 Å². The third kappa shape index (κ3) is 1.41. The van der Waals surface area contributed by atoms with Gasteiger partial charge in [-0.05, 0) is 44.9 Å². The van der Waals surface area contributed by atoms with Gasteiger partial charge in [0.05, 0.1) is 0 Å². The molecule has 0 unspecified atom stereocenters. The molecule has 1 aromatic heterocycles. The summed E-state index contributed by atoms with van der Waals surface area (Å²) >= 11 is 1.95. The van der Waals surface area contributed by atoms with Crippen LogP contribution in [0.15, 0.2) is 6.07 Å². The minimum Gasteiger partial charge on any atom is -0.309 e. The van der Waals surface area contributed by atoms with Crippen LogP contribution in [0, 0.1) is 13.8 Å². The Morgan fingerprint density at radius 2 is 2.33 bits per heavy atom. The number of thiophene rings is 1. The van der Waals surface area contributed by atoms with Gasteiger partial charge < -0.3 is 5.32 Å². The first-order chi connectivity index (χ1) is 5.77. The van der Waals surface area contributed by atoms with Gasteiger partial charge in [-0.25, -0.2) is 0 Å². The first kappa shape index (κ1) is 8.27. The largest absolute Gasteiger partial charge is 0.309 e. The lowest BCUT2D eigenvalue weighted by Gasteiger charge is -2.05. The summed E-state index contributed by atoms with van der Waals surface area (Å²) in [5.74, 6) is 0. The van der Waals surface area contributed by atoms with E-state index in [0.29, 0.717) is 6.04 Å². The van der Waals surface area contributed by atoms with Crippen LogP contribution in [0.4, 0.5) is 0 Å². The van der Waals surface area contributed by atoms with Gasteiger partial charge in [0, 0.05) is 15.8 Å². The van der Waals surface area contributed by atoms with Crippen molar-refractivity contribution in [2.45, 2.75) is 32.7 Å². The zero-order valence-electron chi connectivity index (χ0n) is 7.68. The molecule has 1 N–H and O–H groups in total. The molecule has 1 fully saturated rings. The van der Waals surface area contributed by atoms with Crippen molar-refractivity contribution >= 4 is 11.3 Å². The van der Waals surface area contributed by atoms with Gasteiger partial charge in [-0.15, -0.1) is 11.3 Å². The number of hydrogen-bond acceptors (Lipinski definition) is 2. The lowest BCUT2D eigenvalue weighted by Crippen LogP contribution is -2.11. The van der Waals surface area contributed by atoms with Crippen LogP contribution in [0.25, 0.3) is 0 Å². The molecule has 0 saturated carbocycles. The standard InChI is InChI=1S/C10H15NS/c1-7-6-10(12-8(7)2)9-4-3-5-11-9/h6,9,11H,3-5H2,1-2H3/t9-/m1/s1. The Morgan fingerprint density at radius 3 is 2.83 bits per heavy atom. The van der Waals surface area contributed by atoms with E-state index in [-0.39, 0.29) is 0 Å². The minimum atomic E-state index is 0.655. The molecule has 0 aliphatic carbocycles. The smallest absolute Gasteiger partial charge is 0.0415 e. The van der Waals surface area contributed by atoms with Gasteiger partial charge in [-0.3, -0.25) is 0 Å². The van der Waals surface area contributed by atoms with Gasteiger partial charge in [-0.1, -0.05) is 0 Å². The SMILES string of the molecule is Cc1cc([C@H]2CCCN2)sc1C. The predicted molar refractivity (Wildman–Crippen MR) is 53.8 cm³/mol. The van der Waals surface area contributed by atoms with Crippen molar-refractivity contribution in [3.05, 3.63) is 21.4 Å². The van der Waals surface area contributed by atoms with E-state index < -0.39 is 0 Å². The summed E-state index contributed by atoms with van der Waals surface area (Å²) in [7, 11) is 0. The van der Waals surface area contributed by atoms with Gasteiger partial charge >= 0.3 is 0 Å². The third-order valence-corrected chi connectivity index (χ3v) is 3.86. The number of nitrogens with one attached hydrogen (secondary N) is 1. The maximum Gasteiger partial charge on any atom is 0.0415 e. The Labute approximate surface area is 77.8 Å². The fourth-order valence-electron chi connectivity index (χ4n) is 1.70. The van der Waals surface area contributed by atoms with E-state index in [9.17, 15) is 0 Å². The zero-order chi connectivity index (χ0) is 8.55. The van der Waals surface area contributed by atoms with Crippen LogP contribution in [0.3, 0.4) is 0 Å². The maximum atomic E-state index is 3.52. The highest BCUT2D eigenvalue weighted by Crippen LogP contribution is 2.31. The van der Waals surface area contributed by atoms with Crippen molar-refractivity contribution in [1.82, 2.24) is 5.32 Å². The summed E-state index contributed by atoms with van der Waals surface area (Å²) < 4.78 is 0. The number of rotatable bonds is 1. The fraction of sp³-hybridized carbons (Fsp3) is 0.600. The second kappa shape index (κ2) is 3.19. The average molecular weight is 181 g/mol. The van der Waals surface area contributed by atoms with E-state index in [1.807, 2.05) is 11.3 Å². The average Bonchev–Trinajstić information content (AvgIpc) is 2.61. The van der Waals surface area contributed by atoms with Crippen molar-refractivity contribution < 1.29 is 0 Å². The van der Waals surface area contributed by atoms with Crippen LogP contribution >= 0.6 is 11.3 Å². The molecule has 1 aliphatic heterocycles. The third-order valence-electron chi connectivity index (χ3n) is 2.59. The lowest BCUT2D eigenvalue weighted by atomic mass is 10.2. The van der Waals surface area contributed by atoms with Crippen LogP contribution in [-0.4, -0.2) is 6.54 Å². The molecular formula is C10H15NS. The van der Waals surface area contributed by atoms with Gasteiger partial charge in [0.25, 0.3) is 0 Å². The highest BCUT2D eigenvalue weighted by atomic mass is 32.1. The Bertz CT molecular complexity index is 252. The summed E-state index contributed by atoms with van der Waals surface area (Å²) in [5.41, 5.74) is 1.45. The summed E-state index contributed by atoms with van der Waals surface area (Å²) in [5, 5.41) is 3.52. The van der Waals surface area contributed by atoms with Gasteiger partial charge in [0.2, 0.25) is 0 Å². The molecule has 2 heterocycles. The number of aryl methyl sites for hydroxylation is 2. The molecule has 0 amide bonds. The molecule has 2 heteroatoms. The molecule has 0 aromatic carbocycles. The Hall–Kier alpha value is -0.340. The highest BCUT2D eigenvalue weighted by Gasteiger charge is 2.17.